The molecule has 1 aliphatic rings. The van der Waals surface area contributed by atoms with E-state index < -0.39 is 0 Å². The average Bonchev–Trinajstić information content (AvgIpc) is 2.12. The molecule has 0 radical (unpaired) electrons. The van der Waals surface area contributed by atoms with Crippen LogP contribution in [0.4, 0.5) is 0 Å². The molecule has 1 unspecified atom stereocenters. The lowest BCUT2D eigenvalue weighted by molar-refractivity contribution is -0.147. The van der Waals surface area contributed by atoms with Crippen molar-refractivity contribution in [2.75, 3.05) is 26.7 Å². The molecule has 1 atom stereocenters. The third-order valence-corrected chi connectivity index (χ3v) is 2.26. The summed E-state index contributed by atoms with van der Waals surface area (Å²) in [5.74, 6) is -0.409. The van der Waals surface area contributed by atoms with Crippen LogP contribution in [-0.2, 0) is 14.3 Å². The number of carbonyl (C=O) groups excluding carboxylic acids is 2. The van der Waals surface area contributed by atoms with Crippen LogP contribution in [0.25, 0.3) is 0 Å². The summed E-state index contributed by atoms with van der Waals surface area (Å²) >= 11 is 0. The van der Waals surface area contributed by atoms with Gasteiger partial charge < -0.3 is 10.1 Å². The minimum atomic E-state index is -0.372. The topological polar surface area (TPSA) is 58.6 Å². The van der Waals surface area contributed by atoms with Gasteiger partial charge in [0, 0.05) is 13.1 Å². The highest BCUT2D eigenvalue weighted by Gasteiger charge is 2.29. The van der Waals surface area contributed by atoms with Gasteiger partial charge in [-0.2, -0.15) is 0 Å². The molecule has 1 fully saturated rings. The minimum Gasteiger partial charge on any atom is -0.466 e. The fraction of sp³-hybridized carbons (Fsp3) is 0.778. The molecule has 1 aliphatic heterocycles. The fourth-order valence-electron chi connectivity index (χ4n) is 1.46. The Morgan fingerprint density at radius 2 is 2.43 bits per heavy atom. The van der Waals surface area contributed by atoms with Crippen LogP contribution in [0.1, 0.15) is 13.3 Å². The molecule has 1 amide bonds. The van der Waals surface area contributed by atoms with E-state index in [0.29, 0.717) is 13.2 Å². The number of piperazine rings is 1. The van der Waals surface area contributed by atoms with E-state index in [1.54, 1.807) is 6.92 Å². The fourth-order valence-corrected chi connectivity index (χ4v) is 1.46. The molecule has 1 N–H and O–H groups in total. The number of nitrogens with one attached hydrogen (secondary N) is 1. The standard InChI is InChI=1S/C9H16N2O3/c1-3-14-8(12)6-7-9(13)10-4-5-11(7)2/h7H,3-6H2,1-2H3,(H,10,13). The van der Waals surface area contributed by atoms with Gasteiger partial charge in [-0.25, -0.2) is 0 Å². The van der Waals surface area contributed by atoms with Crippen molar-refractivity contribution >= 4 is 11.9 Å². The van der Waals surface area contributed by atoms with Crippen molar-refractivity contribution in [3.05, 3.63) is 0 Å². The number of amides is 1. The van der Waals surface area contributed by atoms with Crippen molar-refractivity contribution in [3.8, 4) is 0 Å². The van der Waals surface area contributed by atoms with Gasteiger partial charge in [-0.1, -0.05) is 0 Å². The van der Waals surface area contributed by atoms with Crippen LogP contribution in [0.15, 0.2) is 0 Å². The van der Waals surface area contributed by atoms with E-state index in [9.17, 15) is 9.59 Å². The lowest BCUT2D eigenvalue weighted by Gasteiger charge is -2.30. The van der Waals surface area contributed by atoms with Crippen LogP contribution < -0.4 is 5.32 Å². The molecular formula is C9H16N2O3. The van der Waals surface area contributed by atoms with E-state index in [2.05, 4.69) is 5.32 Å². The Bertz CT molecular complexity index is 230. The quantitative estimate of drug-likeness (QED) is 0.616. The molecule has 0 aromatic rings. The summed E-state index contributed by atoms with van der Waals surface area (Å²) < 4.78 is 4.80. The van der Waals surface area contributed by atoms with Crippen LogP contribution in [0.5, 0.6) is 0 Å². The van der Waals surface area contributed by atoms with Gasteiger partial charge in [0.2, 0.25) is 5.91 Å². The van der Waals surface area contributed by atoms with E-state index in [1.807, 2.05) is 11.9 Å². The first-order valence-electron chi connectivity index (χ1n) is 4.78. The van der Waals surface area contributed by atoms with Crippen LogP contribution >= 0.6 is 0 Å². The molecule has 80 valence electrons. The lowest BCUT2D eigenvalue weighted by Crippen LogP contribution is -2.54. The number of ether oxygens (including phenoxy) is 1. The SMILES string of the molecule is CCOC(=O)CC1C(=O)NCCN1C. The Balaban J connectivity index is 2.47. The molecular weight excluding hydrogens is 184 g/mol. The lowest BCUT2D eigenvalue weighted by atomic mass is 10.1. The first-order valence-corrected chi connectivity index (χ1v) is 4.78. The Morgan fingerprint density at radius 3 is 3.00 bits per heavy atom. The molecule has 0 aromatic carbocycles. The monoisotopic (exact) mass is 200 g/mol. The molecule has 0 saturated carbocycles. The summed E-state index contributed by atoms with van der Waals surface area (Å²) in [5.41, 5.74) is 0. The van der Waals surface area contributed by atoms with Gasteiger partial charge in [0.1, 0.15) is 0 Å². The maximum absolute atomic E-state index is 11.4. The zero-order valence-corrected chi connectivity index (χ0v) is 8.58. The molecule has 1 saturated heterocycles. The van der Waals surface area contributed by atoms with Gasteiger partial charge in [-0.05, 0) is 14.0 Å². The molecule has 0 aliphatic carbocycles. The number of esters is 1. The number of likely N-dealkylation sites (N-methyl/N-ethyl adjacent to an activating group) is 1. The second-order valence-electron chi connectivity index (χ2n) is 3.30. The minimum absolute atomic E-state index is 0.0909. The Labute approximate surface area is 83.4 Å². The first kappa shape index (κ1) is 11.0. The molecule has 0 spiro atoms. The number of carbonyl (C=O) groups is 2. The van der Waals surface area contributed by atoms with E-state index in [1.165, 1.54) is 0 Å². The molecule has 14 heavy (non-hydrogen) atoms. The third-order valence-electron chi connectivity index (χ3n) is 2.26. The zero-order valence-electron chi connectivity index (χ0n) is 8.58. The highest BCUT2D eigenvalue weighted by Crippen LogP contribution is 2.06. The van der Waals surface area contributed by atoms with Crippen LogP contribution in [-0.4, -0.2) is 49.6 Å². The van der Waals surface area contributed by atoms with Gasteiger partial charge in [0.05, 0.1) is 19.1 Å². The van der Waals surface area contributed by atoms with Crippen molar-refractivity contribution in [1.82, 2.24) is 10.2 Å². The van der Waals surface area contributed by atoms with Crippen molar-refractivity contribution in [3.63, 3.8) is 0 Å². The van der Waals surface area contributed by atoms with Gasteiger partial charge in [-0.3, -0.25) is 14.5 Å². The van der Waals surface area contributed by atoms with Gasteiger partial charge in [0.15, 0.2) is 0 Å². The normalized spacial score (nSPS) is 23.0. The number of hydrogen-bond donors (Lipinski definition) is 1. The summed E-state index contributed by atoms with van der Waals surface area (Å²) in [6.07, 6.45) is 0.135. The van der Waals surface area contributed by atoms with E-state index >= 15 is 0 Å². The second kappa shape index (κ2) is 4.95. The highest BCUT2D eigenvalue weighted by molar-refractivity contribution is 5.87. The Morgan fingerprint density at radius 1 is 1.71 bits per heavy atom. The molecule has 0 aromatic heterocycles. The second-order valence-corrected chi connectivity index (χ2v) is 3.30. The first-order chi connectivity index (χ1) is 6.65. The molecule has 1 heterocycles. The smallest absolute Gasteiger partial charge is 0.307 e. The van der Waals surface area contributed by atoms with Crippen LogP contribution in [0, 0.1) is 0 Å². The van der Waals surface area contributed by atoms with Crippen molar-refractivity contribution < 1.29 is 14.3 Å². The molecule has 0 bridgehead atoms. The maximum Gasteiger partial charge on any atom is 0.307 e. The van der Waals surface area contributed by atoms with Crippen molar-refractivity contribution in [2.24, 2.45) is 0 Å². The largest absolute Gasteiger partial charge is 0.466 e. The van der Waals surface area contributed by atoms with Gasteiger partial charge >= 0.3 is 5.97 Å². The van der Waals surface area contributed by atoms with E-state index in [-0.39, 0.29) is 24.3 Å². The van der Waals surface area contributed by atoms with E-state index in [4.69, 9.17) is 4.74 Å². The average molecular weight is 200 g/mol. The van der Waals surface area contributed by atoms with Crippen LogP contribution in [0.3, 0.4) is 0 Å². The predicted octanol–water partition coefficient (Wildman–Crippen LogP) is -0.630. The summed E-state index contributed by atoms with van der Waals surface area (Å²) in [6, 6.07) is -0.372. The van der Waals surface area contributed by atoms with Crippen LogP contribution in [0.2, 0.25) is 0 Å². The summed E-state index contributed by atoms with van der Waals surface area (Å²) in [6.45, 7) is 3.53. The van der Waals surface area contributed by atoms with Crippen molar-refractivity contribution in [2.45, 2.75) is 19.4 Å². The molecule has 1 rings (SSSR count). The maximum atomic E-state index is 11.4. The Hall–Kier alpha value is -1.10. The number of nitrogens with zero attached hydrogens (tertiary/aromatic N) is 1. The van der Waals surface area contributed by atoms with E-state index in [0.717, 1.165) is 6.54 Å². The summed E-state index contributed by atoms with van der Waals surface area (Å²) in [4.78, 5) is 24.4. The Kier molecular flexibility index (Phi) is 3.88. The number of rotatable bonds is 3. The van der Waals surface area contributed by atoms with Gasteiger partial charge in [-0.15, -0.1) is 0 Å². The molecule has 5 heteroatoms. The summed E-state index contributed by atoms with van der Waals surface area (Å²) in [5, 5.41) is 2.72. The third kappa shape index (κ3) is 2.70. The molecule has 5 nitrogen and oxygen atoms in total. The number of hydrogen-bond acceptors (Lipinski definition) is 4. The van der Waals surface area contributed by atoms with Crippen molar-refractivity contribution in [1.29, 1.82) is 0 Å². The zero-order chi connectivity index (χ0) is 10.6. The summed E-state index contributed by atoms with van der Waals surface area (Å²) in [7, 11) is 1.84. The predicted molar refractivity (Wildman–Crippen MR) is 50.7 cm³/mol. The highest BCUT2D eigenvalue weighted by atomic mass is 16.5. The van der Waals surface area contributed by atoms with Gasteiger partial charge in [0.25, 0.3) is 0 Å².